The molecule has 0 aromatic heterocycles. The molecule has 0 atom stereocenters. The van der Waals surface area contributed by atoms with E-state index in [1.807, 2.05) is 6.92 Å². The number of methoxy groups -OCH3 is 1. The van der Waals surface area contributed by atoms with Crippen LogP contribution in [-0.2, 0) is 19.1 Å². The zero-order valence-electron chi connectivity index (χ0n) is 17.2. The van der Waals surface area contributed by atoms with E-state index in [-0.39, 0.29) is 18.0 Å². The summed E-state index contributed by atoms with van der Waals surface area (Å²) in [4.78, 5) is 36.4. The molecule has 4 fully saturated rings. The molecule has 156 valence electrons. The number of hydrogen-bond donors (Lipinski definition) is 1. The average Bonchev–Trinajstić information content (AvgIpc) is 2.66. The molecule has 4 bridgehead atoms. The van der Waals surface area contributed by atoms with Crippen molar-refractivity contribution in [2.75, 3.05) is 19.0 Å². The minimum Gasteiger partial charge on any atom is -0.465 e. The van der Waals surface area contributed by atoms with Crippen molar-refractivity contribution in [1.29, 1.82) is 0 Å². The Bertz CT molecular complexity index is 795. The summed E-state index contributed by atoms with van der Waals surface area (Å²) in [5.41, 5.74) is 1.78. The summed E-state index contributed by atoms with van der Waals surface area (Å²) in [6.07, 6.45) is 7.85. The van der Waals surface area contributed by atoms with Crippen LogP contribution in [0.4, 0.5) is 5.69 Å². The molecule has 6 heteroatoms. The number of anilines is 1. The largest absolute Gasteiger partial charge is 0.465 e. The first-order valence-electron chi connectivity index (χ1n) is 10.5. The van der Waals surface area contributed by atoms with E-state index in [0.29, 0.717) is 17.7 Å². The highest BCUT2D eigenvalue weighted by atomic mass is 16.5. The first kappa shape index (κ1) is 19.9. The fourth-order valence-corrected chi connectivity index (χ4v) is 6.20. The summed E-state index contributed by atoms with van der Waals surface area (Å²) in [6.45, 7) is 1.52. The molecule has 0 saturated heterocycles. The average molecular weight is 399 g/mol. The zero-order valence-corrected chi connectivity index (χ0v) is 17.2. The van der Waals surface area contributed by atoms with Crippen LogP contribution in [0.2, 0.25) is 0 Å². The Morgan fingerprint density at radius 2 is 1.69 bits per heavy atom. The van der Waals surface area contributed by atoms with Crippen molar-refractivity contribution in [1.82, 2.24) is 0 Å². The molecule has 0 aliphatic heterocycles. The van der Waals surface area contributed by atoms with Gasteiger partial charge in [0.15, 0.2) is 6.61 Å². The number of benzene rings is 1. The Balaban J connectivity index is 1.30. The third kappa shape index (κ3) is 4.31. The van der Waals surface area contributed by atoms with E-state index < -0.39 is 11.9 Å². The molecule has 0 heterocycles. The predicted molar refractivity (Wildman–Crippen MR) is 107 cm³/mol. The molecule has 0 radical (unpaired) electrons. The van der Waals surface area contributed by atoms with Gasteiger partial charge in [-0.3, -0.25) is 9.59 Å². The van der Waals surface area contributed by atoms with Crippen LogP contribution in [0.25, 0.3) is 0 Å². The smallest absolute Gasteiger partial charge is 0.337 e. The normalized spacial score (nSPS) is 29.4. The minimum absolute atomic E-state index is 0.105. The summed E-state index contributed by atoms with van der Waals surface area (Å²) in [5.74, 6) is 1.19. The zero-order chi connectivity index (χ0) is 20.6. The molecule has 1 N–H and O–H groups in total. The number of carbonyl (C=O) groups excluding carboxylic acids is 3. The SMILES string of the molecule is COC(=O)c1ccc(C)c(NC(=O)COC(=O)CC23CC4CC(CC(C4)C2)C3)c1. The van der Waals surface area contributed by atoms with Gasteiger partial charge < -0.3 is 14.8 Å². The van der Waals surface area contributed by atoms with Crippen molar-refractivity contribution in [2.45, 2.75) is 51.9 Å². The summed E-state index contributed by atoms with van der Waals surface area (Å²) < 4.78 is 10.0. The molecule has 0 spiro atoms. The Kier molecular flexibility index (Phi) is 5.36. The Morgan fingerprint density at radius 1 is 1.07 bits per heavy atom. The van der Waals surface area contributed by atoms with Crippen LogP contribution in [0.3, 0.4) is 0 Å². The fraction of sp³-hybridized carbons (Fsp3) is 0.609. The van der Waals surface area contributed by atoms with Crippen molar-refractivity contribution < 1.29 is 23.9 Å². The van der Waals surface area contributed by atoms with Gasteiger partial charge in [0.25, 0.3) is 5.91 Å². The third-order valence-electron chi connectivity index (χ3n) is 6.98. The van der Waals surface area contributed by atoms with Crippen LogP contribution in [0, 0.1) is 30.1 Å². The van der Waals surface area contributed by atoms with Crippen molar-refractivity contribution in [3.63, 3.8) is 0 Å². The van der Waals surface area contributed by atoms with E-state index in [1.165, 1.54) is 26.4 Å². The van der Waals surface area contributed by atoms with Crippen LogP contribution in [0.1, 0.15) is 60.9 Å². The summed E-state index contributed by atoms with van der Waals surface area (Å²) >= 11 is 0. The molecule has 6 nitrogen and oxygen atoms in total. The van der Waals surface area contributed by atoms with Crippen molar-refractivity contribution in [3.8, 4) is 0 Å². The third-order valence-corrected chi connectivity index (χ3v) is 6.98. The number of nitrogens with one attached hydrogen (secondary N) is 1. The van der Waals surface area contributed by atoms with Crippen molar-refractivity contribution >= 4 is 23.5 Å². The lowest BCUT2D eigenvalue weighted by atomic mass is 9.49. The number of aryl methyl sites for hydroxylation is 1. The predicted octanol–water partition coefficient (Wildman–Crippen LogP) is 3.87. The molecule has 5 rings (SSSR count). The van der Waals surface area contributed by atoms with Crippen LogP contribution < -0.4 is 5.32 Å². The Labute approximate surface area is 171 Å². The van der Waals surface area contributed by atoms with Gasteiger partial charge in [-0.2, -0.15) is 0 Å². The van der Waals surface area contributed by atoms with Gasteiger partial charge in [0, 0.05) is 5.69 Å². The first-order chi connectivity index (χ1) is 13.9. The molecule has 0 unspecified atom stereocenters. The van der Waals surface area contributed by atoms with Gasteiger partial charge in [-0.05, 0) is 86.3 Å². The van der Waals surface area contributed by atoms with E-state index in [2.05, 4.69) is 5.32 Å². The standard InChI is InChI=1S/C23H29NO5/c1-14-3-4-18(22(27)28-2)8-19(14)24-20(25)13-29-21(26)12-23-9-15-5-16(10-23)7-17(6-15)11-23/h3-4,8,15-17H,5-7,9-13H2,1-2H3,(H,24,25). The van der Waals surface area contributed by atoms with E-state index in [0.717, 1.165) is 42.6 Å². The van der Waals surface area contributed by atoms with Crippen LogP contribution in [0.15, 0.2) is 18.2 Å². The first-order valence-corrected chi connectivity index (χ1v) is 10.5. The maximum Gasteiger partial charge on any atom is 0.337 e. The van der Waals surface area contributed by atoms with E-state index in [1.54, 1.807) is 18.2 Å². The summed E-state index contributed by atoms with van der Waals surface area (Å²) in [6, 6.07) is 4.94. The molecular weight excluding hydrogens is 370 g/mol. The lowest BCUT2D eigenvalue weighted by Gasteiger charge is -2.56. The molecule has 4 aliphatic carbocycles. The molecule has 4 saturated carbocycles. The van der Waals surface area contributed by atoms with Gasteiger partial charge in [0.1, 0.15) is 0 Å². The van der Waals surface area contributed by atoms with Crippen LogP contribution >= 0.6 is 0 Å². The van der Waals surface area contributed by atoms with Gasteiger partial charge >= 0.3 is 11.9 Å². The number of carbonyl (C=O) groups is 3. The van der Waals surface area contributed by atoms with E-state index in [4.69, 9.17) is 9.47 Å². The summed E-state index contributed by atoms with van der Waals surface area (Å²) in [7, 11) is 1.31. The lowest BCUT2D eigenvalue weighted by molar-refractivity contribution is -0.154. The molecule has 1 aromatic rings. The second-order valence-corrected chi connectivity index (χ2v) is 9.32. The van der Waals surface area contributed by atoms with Crippen molar-refractivity contribution in [2.24, 2.45) is 23.2 Å². The molecule has 1 aromatic carbocycles. The highest BCUT2D eigenvalue weighted by Gasteiger charge is 2.51. The minimum atomic E-state index is -0.470. The molecule has 29 heavy (non-hydrogen) atoms. The highest BCUT2D eigenvalue weighted by Crippen LogP contribution is 2.61. The van der Waals surface area contributed by atoms with Gasteiger partial charge in [0.05, 0.1) is 19.1 Å². The quantitative estimate of drug-likeness (QED) is 0.735. The maximum atomic E-state index is 12.5. The van der Waals surface area contributed by atoms with Crippen LogP contribution in [0.5, 0.6) is 0 Å². The monoisotopic (exact) mass is 399 g/mol. The van der Waals surface area contributed by atoms with Crippen LogP contribution in [-0.4, -0.2) is 31.6 Å². The van der Waals surface area contributed by atoms with Gasteiger partial charge in [0.2, 0.25) is 0 Å². The lowest BCUT2D eigenvalue weighted by Crippen LogP contribution is -2.47. The second kappa shape index (κ2) is 7.81. The molecule has 1 amide bonds. The molecular formula is C23H29NO5. The number of esters is 2. The number of hydrogen-bond acceptors (Lipinski definition) is 5. The van der Waals surface area contributed by atoms with Gasteiger partial charge in [-0.25, -0.2) is 4.79 Å². The number of rotatable bonds is 6. The van der Waals surface area contributed by atoms with Gasteiger partial charge in [-0.1, -0.05) is 6.07 Å². The Hall–Kier alpha value is -2.37. The second-order valence-electron chi connectivity index (χ2n) is 9.32. The number of amides is 1. The number of ether oxygens (including phenoxy) is 2. The Morgan fingerprint density at radius 3 is 2.28 bits per heavy atom. The van der Waals surface area contributed by atoms with E-state index >= 15 is 0 Å². The van der Waals surface area contributed by atoms with E-state index in [9.17, 15) is 14.4 Å². The van der Waals surface area contributed by atoms with Crippen molar-refractivity contribution in [3.05, 3.63) is 29.3 Å². The summed E-state index contributed by atoms with van der Waals surface area (Å²) in [5, 5.41) is 2.72. The highest BCUT2D eigenvalue weighted by molar-refractivity contribution is 5.96. The topological polar surface area (TPSA) is 81.7 Å². The van der Waals surface area contributed by atoms with Gasteiger partial charge in [-0.15, -0.1) is 0 Å². The fourth-order valence-electron chi connectivity index (χ4n) is 6.20. The maximum absolute atomic E-state index is 12.5. The molecule has 4 aliphatic rings.